The van der Waals surface area contributed by atoms with Gasteiger partial charge in [-0.05, 0) is 24.9 Å². The van der Waals surface area contributed by atoms with Crippen LogP contribution in [0.5, 0.6) is 0 Å². The van der Waals surface area contributed by atoms with Gasteiger partial charge in [0.25, 0.3) is 0 Å². The molecule has 0 radical (unpaired) electrons. The SMILES string of the molecule is CS(=O)(=O)CCNCCCc1ccccc1. The molecule has 0 fully saturated rings. The zero-order valence-corrected chi connectivity index (χ0v) is 10.5. The summed E-state index contributed by atoms with van der Waals surface area (Å²) in [7, 11) is -2.83. The van der Waals surface area contributed by atoms with E-state index in [1.807, 2.05) is 18.2 Å². The largest absolute Gasteiger partial charge is 0.316 e. The van der Waals surface area contributed by atoms with E-state index in [9.17, 15) is 8.42 Å². The molecule has 1 rings (SSSR count). The predicted octanol–water partition coefficient (Wildman–Crippen LogP) is 1.25. The molecule has 1 aromatic rings. The maximum atomic E-state index is 10.8. The molecular formula is C12H19NO2S. The molecule has 4 heteroatoms. The Morgan fingerprint density at radius 3 is 2.44 bits per heavy atom. The molecule has 0 aliphatic carbocycles. The van der Waals surface area contributed by atoms with Gasteiger partial charge in [0, 0.05) is 12.8 Å². The predicted molar refractivity (Wildman–Crippen MR) is 67.3 cm³/mol. The Kier molecular flexibility index (Phi) is 5.49. The van der Waals surface area contributed by atoms with Gasteiger partial charge in [-0.3, -0.25) is 0 Å². The van der Waals surface area contributed by atoms with Crippen LogP contribution in [-0.2, 0) is 16.3 Å². The molecule has 0 spiro atoms. The second-order valence-corrected chi connectivity index (χ2v) is 6.23. The number of benzene rings is 1. The third-order valence-electron chi connectivity index (χ3n) is 2.31. The Labute approximate surface area is 97.8 Å². The first-order chi connectivity index (χ1) is 7.58. The van der Waals surface area contributed by atoms with Gasteiger partial charge in [0.05, 0.1) is 5.75 Å². The van der Waals surface area contributed by atoms with E-state index in [4.69, 9.17) is 0 Å². The first-order valence-corrected chi connectivity index (χ1v) is 7.56. The summed E-state index contributed by atoms with van der Waals surface area (Å²) in [5.41, 5.74) is 1.33. The van der Waals surface area contributed by atoms with Crippen LogP contribution in [0.2, 0.25) is 0 Å². The summed E-state index contributed by atoms with van der Waals surface area (Å²) in [6.07, 6.45) is 3.33. The molecule has 0 aliphatic rings. The molecular weight excluding hydrogens is 222 g/mol. The molecule has 0 aliphatic heterocycles. The first kappa shape index (κ1) is 13.2. The Hall–Kier alpha value is -0.870. The van der Waals surface area contributed by atoms with Gasteiger partial charge in [-0.15, -0.1) is 0 Å². The smallest absolute Gasteiger partial charge is 0.148 e. The fourth-order valence-electron chi connectivity index (χ4n) is 1.44. The second-order valence-electron chi connectivity index (χ2n) is 3.97. The number of hydrogen-bond acceptors (Lipinski definition) is 3. The molecule has 0 bridgehead atoms. The van der Waals surface area contributed by atoms with E-state index < -0.39 is 9.84 Å². The monoisotopic (exact) mass is 241 g/mol. The molecule has 0 unspecified atom stereocenters. The molecule has 1 aromatic carbocycles. The fourth-order valence-corrected chi connectivity index (χ4v) is 1.96. The van der Waals surface area contributed by atoms with Gasteiger partial charge in [-0.2, -0.15) is 0 Å². The summed E-state index contributed by atoms with van der Waals surface area (Å²) in [4.78, 5) is 0. The number of sulfone groups is 1. The van der Waals surface area contributed by atoms with Gasteiger partial charge in [0.1, 0.15) is 9.84 Å². The first-order valence-electron chi connectivity index (χ1n) is 5.50. The zero-order chi connectivity index (χ0) is 11.9. The van der Waals surface area contributed by atoms with Gasteiger partial charge in [-0.1, -0.05) is 30.3 Å². The van der Waals surface area contributed by atoms with E-state index in [2.05, 4.69) is 17.4 Å². The van der Waals surface area contributed by atoms with Gasteiger partial charge >= 0.3 is 0 Å². The van der Waals surface area contributed by atoms with Crippen LogP contribution < -0.4 is 5.32 Å². The topological polar surface area (TPSA) is 46.2 Å². The minimum absolute atomic E-state index is 0.221. The van der Waals surface area contributed by atoms with Crippen LogP contribution in [0.4, 0.5) is 0 Å². The quantitative estimate of drug-likeness (QED) is 0.731. The molecule has 0 amide bonds. The molecule has 0 saturated carbocycles. The molecule has 90 valence electrons. The van der Waals surface area contributed by atoms with Crippen molar-refractivity contribution < 1.29 is 8.42 Å². The fraction of sp³-hybridized carbons (Fsp3) is 0.500. The maximum absolute atomic E-state index is 10.8. The van der Waals surface area contributed by atoms with Crippen molar-refractivity contribution in [2.75, 3.05) is 25.1 Å². The van der Waals surface area contributed by atoms with Crippen molar-refractivity contribution in [1.82, 2.24) is 5.32 Å². The van der Waals surface area contributed by atoms with Crippen LogP contribution in [0, 0.1) is 0 Å². The van der Waals surface area contributed by atoms with Crippen molar-refractivity contribution in [3.8, 4) is 0 Å². The third kappa shape index (κ3) is 6.58. The van der Waals surface area contributed by atoms with E-state index in [0.29, 0.717) is 6.54 Å². The summed E-state index contributed by atoms with van der Waals surface area (Å²) in [5.74, 6) is 0.221. The van der Waals surface area contributed by atoms with Gasteiger partial charge in [0.2, 0.25) is 0 Å². The summed E-state index contributed by atoms with van der Waals surface area (Å²) in [5, 5.41) is 3.13. The minimum Gasteiger partial charge on any atom is -0.316 e. The van der Waals surface area contributed by atoms with Crippen LogP contribution in [0.3, 0.4) is 0 Å². The van der Waals surface area contributed by atoms with Crippen molar-refractivity contribution in [1.29, 1.82) is 0 Å². The lowest BCUT2D eigenvalue weighted by atomic mass is 10.1. The Bertz CT molecular complexity index is 387. The average molecular weight is 241 g/mol. The van der Waals surface area contributed by atoms with Crippen LogP contribution in [0.1, 0.15) is 12.0 Å². The Balaban J connectivity index is 2.05. The molecule has 0 saturated heterocycles. The highest BCUT2D eigenvalue weighted by atomic mass is 32.2. The van der Waals surface area contributed by atoms with Crippen molar-refractivity contribution in [3.05, 3.63) is 35.9 Å². The third-order valence-corrected chi connectivity index (χ3v) is 3.26. The Morgan fingerprint density at radius 2 is 1.81 bits per heavy atom. The number of hydrogen-bond donors (Lipinski definition) is 1. The molecule has 0 heterocycles. The van der Waals surface area contributed by atoms with Crippen molar-refractivity contribution in [2.24, 2.45) is 0 Å². The molecule has 0 atom stereocenters. The van der Waals surface area contributed by atoms with Gasteiger partial charge in [0.15, 0.2) is 0 Å². The zero-order valence-electron chi connectivity index (χ0n) is 9.65. The maximum Gasteiger partial charge on any atom is 0.148 e. The summed E-state index contributed by atoms with van der Waals surface area (Å²) in [6.45, 7) is 1.41. The van der Waals surface area contributed by atoms with Crippen LogP contribution in [0.25, 0.3) is 0 Å². The normalized spacial score (nSPS) is 11.6. The van der Waals surface area contributed by atoms with Crippen molar-refractivity contribution in [3.63, 3.8) is 0 Å². The van der Waals surface area contributed by atoms with Gasteiger partial charge in [-0.25, -0.2) is 8.42 Å². The molecule has 1 N–H and O–H groups in total. The molecule has 0 aromatic heterocycles. The highest BCUT2D eigenvalue weighted by Crippen LogP contribution is 2.01. The minimum atomic E-state index is -2.83. The highest BCUT2D eigenvalue weighted by Gasteiger charge is 2.00. The molecule has 16 heavy (non-hydrogen) atoms. The highest BCUT2D eigenvalue weighted by molar-refractivity contribution is 7.90. The van der Waals surface area contributed by atoms with Crippen molar-refractivity contribution in [2.45, 2.75) is 12.8 Å². The van der Waals surface area contributed by atoms with E-state index >= 15 is 0 Å². The lowest BCUT2D eigenvalue weighted by molar-refractivity contribution is 0.594. The number of aryl methyl sites for hydroxylation is 1. The average Bonchev–Trinajstić information content (AvgIpc) is 2.23. The summed E-state index contributed by atoms with van der Waals surface area (Å²) in [6, 6.07) is 10.3. The number of nitrogens with one attached hydrogen (secondary N) is 1. The second kappa shape index (κ2) is 6.66. The van der Waals surface area contributed by atoms with Crippen LogP contribution >= 0.6 is 0 Å². The van der Waals surface area contributed by atoms with E-state index in [0.717, 1.165) is 19.4 Å². The summed E-state index contributed by atoms with van der Waals surface area (Å²) >= 11 is 0. The Morgan fingerprint density at radius 1 is 1.12 bits per heavy atom. The van der Waals surface area contributed by atoms with Crippen LogP contribution in [0.15, 0.2) is 30.3 Å². The summed E-state index contributed by atoms with van der Waals surface area (Å²) < 4.78 is 21.7. The van der Waals surface area contributed by atoms with Crippen LogP contribution in [-0.4, -0.2) is 33.5 Å². The van der Waals surface area contributed by atoms with E-state index in [1.165, 1.54) is 11.8 Å². The lowest BCUT2D eigenvalue weighted by Gasteiger charge is -2.04. The van der Waals surface area contributed by atoms with E-state index in [1.54, 1.807) is 0 Å². The number of rotatable bonds is 7. The standard InChI is InChI=1S/C12H19NO2S/c1-16(14,15)11-10-13-9-5-8-12-6-3-2-4-7-12/h2-4,6-7,13H,5,8-11H2,1H3. The lowest BCUT2D eigenvalue weighted by Crippen LogP contribution is -2.23. The molecule has 3 nitrogen and oxygen atoms in total. The van der Waals surface area contributed by atoms with Gasteiger partial charge < -0.3 is 5.32 Å². The van der Waals surface area contributed by atoms with Crippen molar-refractivity contribution >= 4 is 9.84 Å². The van der Waals surface area contributed by atoms with E-state index in [-0.39, 0.29) is 5.75 Å².